The van der Waals surface area contributed by atoms with Gasteiger partial charge in [-0.15, -0.1) is 0 Å². The molecule has 0 aliphatic rings. The van der Waals surface area contributed by atoms with Crippen LogP contribution in [0, 0.1) is 17.3 Å². The predicted molar refractivity (Wildman–Crippen MR) is 88.8 cm³/mol. The summed E-state index contributed by atoms with van der Waals surface area (Å²) in [7, 11) is 0. The van der Waals surface area contributed by atoms with Gasteiger partial charge in [0.15, 0.2) is 0 Å². The van der Waals surface area contributed by atoms with Crippen molar-refractivity contribution >= 4 is 5.91 Å². The third-order valence-electron chi connectivity index (χ3n) is 3.95. The van der Waals surface area contributed by atoms with Crippen LogP contribution in [0.5, 0.6) is 0 Å². The van der Waals surface area contributed by atoms with Gasteiger partial charge in [0.1, 0.15) is 0 Å². The quantitative estimate of drug-likeness (QED) is 0.521. The highest BCUT2D eigenvalue weighted by atomic mass is 16.1. The Bertz CT molecular complexity index is 256. The maximum atomic E-state index is 11.7. The summed E-state index contributed by atoms with van der Waals surface area (Å²) in [4.78, 5) is 11.7. The van der Waals surface area contributed by atoms with E-state index in [1.165, 1.54) is 25.7 Å². The fraction of sp³-hybridized carbons (Fsp3) is 0.944. The van der Waals surface area contributed by atoms with Gasteiger partial charge in [-0.2, -0.15) is 0 Å². The molecule has 0 saturated heterocycles. The molecule has 0 radical (unpaired) electrons. The molecule has 0 aromatic carbocycles. The topological polar surface area (TPSA) is 29.1 Å². The van der Waals surface area contributed by atoms with Crippen molar-refractivity contribution in [2.45, 2.75) is 86.5 Å². The van der Waals surface area contributed by atoms with Crippen LogP contribution in [0.2, 0.25) is 0 Å². The van der Waals surface area contributed by atoms with Crippen molar-refractivity contribution < 1.29 is 4.79 Å². The Labute approximate surface area is 127 Å². The molecule has 0 atom stereocenters. The van der Waals surface area contributed by atoms with Gasteiger partial charge in [0, 0.05) is 13.0 Å². The predicted octanol–water partition coefficient (Wildman–Crippen LogP) is 5.17. The van der Waals surface area contributed by atoms with Crippen molar-refractivity contribution in [3.63, 3.8) is 0 Å². The molecular formula is C18H37NO. The molecule has 0 aromatic rings. The monoisotopic (exact) mass is 283 g/mol. The average Bonchev–Trinajstić information content (AvgIpc) is 2.32. The molecule has 0 saturated carbocycles. The fourth-order valence-corrected chi connectivity index (χ4v) is 2.28. The standard InChI is InChI=1S/C18H37NO/c1-15(2)10-13-18(5,6)12-8-7-9-17(20)19-14-11-16(3)4/h15-16H,7-14H2,1-6H3,(H,19,20). The molecule has 0 unspecified atom stereocenters. The minimum Gasteiger partial charge on any atom is -0.356 e. The van der Waals surface area contributed by atoms with Gasteiger partial charge in [-0.3, -0.25) is 4.79 Å². The van der Waals surface area contributed by atoms with E-state index in [9.17, 15) is 4.79 Å². The van der Waals surface area contributed by atoms with Crippen LogP contribution < -0.4 is 5.32 Å². The lowest BCUT2D eigenvalue weighted by Crippen LogP contribution is -2.25. The van der Waals surface area contributed by atoms with E-state index in [4.69, 9.17) is 0 Å². The van der Waals surface area contributed by atoms with Crippen molar-refractivity contribution in [2.75, 3.05) is 6.54 Å². The molecule has 0 bridgehead atoms. The Morgan fingerprint density at radius 3 is 2.10 bits per heavy atom. The maximum absolute atomic E-state index is 11.7. The van der Waals surface area contributed by atoms with Crippen LogP contribution in [0.15, 0.2) is 0 Å². The largest absolute Gasteiger partial charge is 0.356 e. The lowest BCUT2D eigenvalue weighted by molar-refractivity contribution is -0.121. The number of hydrogen-bond donors (Lipinski definition) is 1. The highest BCUT2D eigenvalue weighted by Crippen LogP contribution is 2.30. The van der Waals surface area contributed by atoms with Crippen molar-refractivity contribution in [3.05, 3.63) is 0 Å². The summed E-state index contributed by atoms with van der Waals surface area (Å²) in [6, 6.07) is 0. The Kier molecular flexibility index (Phi) is 9.96. The van der Waals surface area contributed by atoms with Crippen molar-refractivity contribution in [1.29, 1.82) is 0 Å². The van der Waals surface area contributed by atoms with Crippen LogP contribution in [0.25, 0.3) is 0 Å². The molecular weight excluding hydrogens is 246 g/mol. The van der Waals surface area contributed by atoms with E-state index in [0.717, 1.165) is 25.3 Å². The van der Waals surface area contributed by atoms with E-state index in [-0.39, 0.29) is 5.91 Å². The van der Waals surface area contributed by atoms with Crippen LogP contribution in [0.1, 0.15) is 86.5 Å². The van der Waals surface area contributed by atoms with Crippen molar-refractivity contribution in [2.24, 2.45) is 17.3 Å². The molecule has 0 spiro atoms. The zero-order chi connectivity index (χ0) is 15.6. The van der Waals surface area contributed by atoms with Gasteiger partial charge in [-0.25, -0.2) is 0 Å². The van der Waals surface area contributed by atoms with E-state index in [1.807, 2.05) is 0 Å². The number of nitrogens with one attached hydrogen (secondary N) is 1. The minimum atomic E-state index is 0.227. The highest BCUT2D eigenvalue weighted by molar-refractivity contribution is 5.75. The van der Waals surface area contributed by atoms with Crippen molar-refractivity contribution in [3.8, 4) is 0 Å². The first-order chi connectivity index (χ1) is 9.23. The third kappa shape index (κ3) is 12.5. The van der Waals surface area contributed by atoms with Crippen LogP contribution in [-0.4, -0.2) is 12.5 Å². The first-order valence-electron chi connectivity index (χ1n) is 8.49. The fourth-order valence-electron chi connectivity index (χ4n) is 2.28. The zero-order valence-corrected chi connectivity index (χ0v) is 14.7. The van der Waals surface area contributed by atoms with Crippen molar-refractivity contribution in [1.82, 2.24) is 5.32 Å². The Hall–Kier alpha value is -0.530. The summed E-state index contributed by atoms with van der Waals surface area (Å²) in [5, 5.41) is 3.01. The second-order valence-electron chi connectivity index (χ2n) is 7.84. The molecule has 1 N–H and O–H groups in total. The number of carbonyl (C=O) groups excluding carboxylic acids is 1. The summed E-state index contributed by atoms with van der Waals surface area (Å²) < 4.78 is 0. The van der Waals surface area contributed by atoms with Crippen LogP contribution in [-0.2, 0) is 4.79 Å². The van der Waals surface area contributed by atoms with Crippen LogP contribution >= 0.6 is 0 Å². The molecule has 0 aliphatic carbocycles. The third-order valence-corrected chi connectivity index (χ3v) is 3.95. The molecule has 0 heterocycles. The lowest BCUT2D eigenvalue weighted by atomic mass is 9.81. The summed E-state index contributed by atoms with van der Waals surface area (Å²) in [6.07, 6.45) is 7.81. The highest BCUT2D eigenvalue weighted by Gasteiger charge is 2.17. The SMILES string of the molecule is CC(C)CCNC(=O)CCCCC(C)(C)CCC(C)C. The Morgan fingerprint density at radius 1 is 0.950 bits per heavy atom. The normalized spacial score (nSPS) is 12.2. The first-order valence-corrected chi connectivity index (χ1v) is 8.49. The second kappa shape index (κ2) is 10.2. The molecule has 0 fully saturated rings. The van der Waals surface area contributed by atoms with Gasteiger partial charge in [0.05, 0.1) is 0 Å². The Morgan fingerprint density at radius 2 is 1.55 bits per heavy atom. The van der Waals surface area contributed by atoms with E-state index < -0.39 is 0 Å². The average molecular weight is 283 g/mol. The molecule has 0 rings (SSSR count). The molecule has 0 aliphatic heterocycles. The van der Waals surface area contributed by atoms with Gasteiger partial charge in [0.2, 0.25) is 5.91 Å². The number of hydrogen-bond acceptors (Lipinski definition) is 1. The van der Waals surface area contributed by atoms with E-state index in [1.54, 1.807) is 0 Å². The van der Waals surface area contributed by atoms with Gasteiger partial charge >= 0.3 is 0 Å². The smallest absolute Gasteiger partial charge is 0.219 e. The summed E-state index contributed by atoms with van der Waals surface area (Å²) in [5.41, 5.74) is 0.429. The number of carbonyl (C=O) groups is 1. The molecule has 120 valence electrons. The molecule has 20 heavy (non-hydrogen) atoms. The lowest BCUT2D eigenvalue weighted by Gasteiger charge is -2.25. The summed E-state index contributed by atoms with van der Waals surface area (Å²) in [6.45, 7) is 14.5. The molecule has 2 heteroatoms. The van der Waals surface area contributed by atoms with E-state index in [2.05, 4.69) is 46.9 Å². The molecule has 1 amide bonds. The van der Waals surface area contributed by atoms with Crippen LogP contribution in [0.4, 0.5) is 0 Å². The second-order valence-corrected chi connectivity index (χ2v) is 7.84. The molecule has 2 nitrogen and oxygen atoms in total. The minimum absolute atomic E-state index is 0.227. The van der Waals surface area contributed by atoms with E-state index >= 15 is 0 Å². The summed E-state index contributed by atoms with van der Waals surface area (Å²) in [5.74, 6) is 1.68. The van der Waals surface area contributed by atoms with Gasteiger partial charge in [-0.05, 0) is 42.9 Å². The summed E-state index contributed by atoms with van der Waals surface area (Å²) >= 11 is 0. The van der Waals surface area contributed by atoms with E-state index in [0.29, 0.717) is 17.8 Å². The van der Waals surface area contributed by atoms with Crippen LogP contribution in [0.3, 0.4) is 0 Å². The number of unbranched alkanes of at least 4 members (excludes halogenated alkanes) is 1. The number of amides is 1. The first kappa shape index (κ1) is 19.5. The maximum Gasteiger partial charge on any atom is 0.219 e. The van der Waals surface area contributed by atoms with Gasteiger partial charge in [0.25, 0.3) is 0 Å². The molecule has 0 aromatic heterocycles. The van der Waals surface area contributed by atoms with Gasteiger partial charge < -0.3 is 5.32 Å². The number of rotatable bonds is 11. The zero-order valence-electron chi connectivity index (χ0n) is 14.7. The van der Waals surface area contributed by atoms with Gasteiger partial charge in [-0.1, -0.05) is 54.4 Å². The Balaban J connectivity index is 3.61.